The van der Waals surface area contributed by atoms with Gasteiger partial charge in [-0.15, -0.1) is 10.2 Å². The number of rotatable bonds is 7. The number of carbonyl (C=O) groups is 1. The van der Waals surface area contributed by atoms with Crippen molar-refractivity contribution in [2.24, 2.45) is 0 Å². The highest BCUT2D eigenvalue weighted by molar-refractivity contribution is 8.00. The molecule has 0 bridgehead atoms. The Bertz CT molecular complexity index is 857. The fraction of sp³-hybridized carbons (Fsp3) is 0.357. The highest BCUT2D eigenvalue weighted by Crippen LogP contribution is 2.27. The molecular weight excluding hydrogens is 404 g/mol. The van der Waals surface area contributed by atoms with Crippen molar-refractivity contribution in [2.45, 2.75) is 23.7 Å². The average Bonchev–Trinajstić information content (AvgIpc) is 2.98. The topological polar surface area (TPSA) is 92.3 Å². The van der Waals surface area contributed by atoms with Crippen molar-refractivity contribution in [1.29, 1.82) is 0 Å². The standard InChI is InChI=1S/C14H17ClN4O3S3/c1-4-11(12(20)16-13-17-18-14(23-2)24-13)19(25(3,21)22)10-7-5-6-9(15)8-10/h5-8,11H,4H2,1-3H3,(H,16,17,20)/t11-/m1/s1. The minimum Gasteiger partial charge on any atom is -0.299 e. The lowest BCUT2D eigenvalue weighted by Gasteiger charge is -2.29. The quantitative estimate of drug-likeness (QED) is 0.546. The Kier molecular flexibility index (Phi) is 6.66. The highest BCUT2D eigenvalue weighted by atomic mass is 35.5. The zero-order valence-corrected chi connectivity index (χ0v) is 17.0. The lowest BCUT2D eigenvalue weighted by atomic mass is 10.2. The number of nitrogens with zero attached hydrogens (tertiary/aromatic N) is 3. The van der Waals surface area contributed by atoms with Gasteiger partial charge >= 0.3 is 0 Å². The van der Waals surface area contributed by atoms with E-state index in [2.05, 4.69) is 15.5 Å². The fourth-order valence-corrected chi connectivity index (χ4v) is 4.77. The molecule has 7 nitrogen and oxygen atoms in total. The van der Waals surface area contributed by atoms with Gasteiger partial charge in [0.05, 0.1) is 11.9 Å². The first-order valence-electron chi connectivity index (χ1n) is 7.19. The molecule has 136 valence electrons. The number of sulfonamides is 1. The van der Waals surface area contributed by atoms with Crippen molar-refractivity contribution in [3.8, 4) is 0 Å². The van der Waals surface area contributed by atoms with Crippen LogP contribution in [0.2, 0.25) is 5.02 Å². The summed E-state index contributed by atoms with van der Waals surface area (Å²) in [6.45, 7) is 1.74. The van der Waals surface area contributed by atoms with E-state index in [-0.39, 0.29) is 6.42 Å². The third-order valence-corrected chi connectivity index (χ3v) is 6.43. The summed E-state index contributed by atoms with van der Waals surface area (Å²) in [4.78, 5) is 12.7. The van der Waals surface area contributed by atoms with Crippen molar-refractivity contribution in [2.75, 3.05) is 22.1 Å². The molecule has 0 saturated heterocycles. The Labute approximate surface area is 159 Å². The minimum absolute atomic E-state index is 0.277. The third kappa shape index (κ3) is 5.06. The van der Waals surface area contributed by atoms with Crippen LogP contribution >= 0.6 is 34.7 Å². The lowest BCUT2D eigenvalue weighted by Crippen LogP contribution is -2.47. The van der Waals surface area contributed by atoms with E-state index < -0.39 is 22.0 Å². The first-order chi connectivity index (χ1) is 11.8. The average molecular weight is 421 g/mol. The van der Waals surface area contributed by atoms with Crippen LogP contribution in [0.4, 0.5) is 10.8 Å². The minimum atomic E-state index is -3.71. The van der Waals surface area contributed by atoms with E-state index >= 15 is 0 Å². The molecule has 0 aliphatic heterocycles. The van der Waals surface area contributed by atoms with E-state index in [1.54, 1.807) is 25.1 Å². The number of halogens is 1. The van der Waals surface area contributed by atoms with Crippen molar-refractivity contribution in [3.05, 3.63) is 29.3 Å². The summed E-state index contributed by atoms with van der Waals surface area (Å²) in [5.41, 5.74) is 0.332. The molecule has 2 rings (SSSR count). The van der Waals surface area contributed by atoms with Crippen molar-refractivity contribution in [3.63, 3.8) is 0 Å². The third-order valence-electron chi connectivity index (χ3n) is 3.20. The van der Waals surface area contributed by atoms with Crippen LogP contribution in [-0.2, 0) is 14.8 Å². The van der Waals surface area contributed by atoms with Crippen molar-refractivity contribution in [1.82, 2.24) is 10.2 Å². The molecular formula is C14H17ClN4O3S3. The van der Waals surface area contributed by atoms with Crippen molar-refractivity contribution >= 4 is 61.4 Å². The molecule has 2 aromatic rings. The van der Waals surface area contributed by atoms with Gasteiger partial charge in [0.1, 0.15) is 6.04 Å². The molecule has 0 unspecified atom stereocenters. The largest absolute Gasteiger partial charge is 0.299 e. The molecule has 25 heavy (non-hydrogen) atoms. The van der Waals surface area contributed by atoms with Gasteiger partial charge in [-0.25, -0.2) is 8.42 Å². The maximum Gasteiger partial charge on any atom is 0.250 e. The molecule has 0 radical (unpaired) electrons. The Morgan fingerprint density at radius 1 is 1.44 bits per heavy atom. The molecule has 1 aromatic carbocycles. The number of hydrogen-bond donors (Lipinski definition) is 1. The van der Waals surface area contributed by atoms with E-state index in [4.69, 9.17) is 11.6 Å². The van der Waals surface area contributed by atoms with Crippen LogP contribution in [0.25, 0.3) is 0 Å². The highest BCUT2D eigenvalue weighted by Gasteiger charge is 2.32. The number of aromatic nitrogens is 2. The van der Waals surface area contributed by atoms with Crippen LogP contribution in [0.15, 0.2) is 28.6 Å². The maximum absolute atomic E-state index is 12.7. The summed E-state index contributed by atoms with van der Waals surface area (Å²) >= 11 is 8.61. The van der Waals surface area contributed by atoms with Gasteiger partial charge in [0.2, 0.25) is 21.1 Å². The lowest BCUT2D eigenvalue weighted by molar-refractivity contribution is -0.117. The summed E-state index contributed by atoms with van der Waals surface area (Å²) in [6, 6.07) is 5.44. The van der Waals surface area contributed by atoms with E-state index in [9.17, 15) is 13.2 Å². The van der Waals surface area contributed by atoms with E-state index in [1.165, 1.54) is 29.2 Å². The van der Waals surface area contributed by atoms with Gasteiger partial charge in [-0.1, -0.05) is 47.7 Å². The zero-order chi connectivity index (χ0) is 18.6. The second kappa shape index (κ2) is 8.35. The molecule has 1 heterocycles. The molecule has 0 spiro atoms. The number of nitrogens with one attached hydrogen (secondary N) is 1. The van der Waals surface area contributed by atoms with Gasteiger partial charge in [0, 0.05) is 5.02 Å². The number of benzene rings is 1. The second-order valence-electron chi connectivity index (χ2n) is 5.03. The summed E-state index contributed by atoms with van der Waals surface area (Å²) in [7, 11) is -3.71. The fourth-order valence-electron chi connectivity index (χ4n) is 2.20. The van der Waals surface area contributed by atoms with Crippen LogP contribution in [-0.4, -0.2) is 43.1 Å². The summed E-state index contributed by atoms with van der Waals surface area (Å²) < 4.78 is 26.4. The molecule has 1 atom stereocenters. The number of hydrogen-bond acceptors (Lipinski definition) is 7. The van der Waals surface area contributed by atoms with Crippen molar-refractivity contribution < 1.29 is 13.2 Å². The van der Waals surface area contributed by atoms with Gasteiger partial charge in [-0.2, -0.15) is 0 Å². The Balaban J connectivity index is 2.34. The molecule has 1 N–H and O–H groups in total. The monoisotopic (exact) mass is 420 g/mol. The second-order valence-corrected chi connectivity index (χ2v) is 9.36. The van der Waals surface area contributed by atoms with Gasteiger partial charge in [0.25, 0.3) is 0 Å². The molecule has 11 heteroatoms. The Morgan fingerprint density at radius 3 is 2.68 bits per heavy atom. The summed E-state index contributed by atoms with van der Waals surface area (Å²) in [5.74, 6) is -0.475. The normalized spacial score (nSPS) is 12.6. The van der Waals surface area contributed by atoms with E-state index in [0.29, 0.717) is 20.2 Å². The number of thioether (sulfide) groups is 1. The van der Waals surface area contributed by atoms with E-state index in [0.717, 1.165) is 10.6 Å². The summed E-state index contributed by atoms with van der Waals surface area (Å²) in [5, 5.41) is 11.1. The molecule has 0 aliphatic carbocycles. The number of carbonyl (C=O) groups excluding carboxylic acids is 1. The molecule has 1 aromatic heterocycles. The Morgan fingerprint density at radius 2 is 2.16 bits per heavy atom. The molecule has 0 saturated carbocycles. The predicted octanol–water partition coefficient (Wildman–Crippen LogP) is 3.10. The van der Waals surface area contributed by atoms with Crippen LogP contribution < -0.4 is 9.62 Å². The number of amides is 1. The van der Waals surface area contributed by atoms with E-state index in [1.807, 2.05) is 6.26 Å². The van der Waals surface area contributed by atoms with Gasteiger partial charge < -0.3 is 0 Å². The first kappa shape index (κ1) is 20.0. The molecule has 0 fully saturated rings. The van der Waals surface area contributed by atoms with Crippen LogP contribution in [0.1, 0.15) is 13.3 Å². The molecule has 0 aliphatic rings. The van der Waals surface area contributed by atoms with Gasteiger partial charge in [0.15, 0.2) is 4.34 Å². The number of anilines is 2. The van der Waals surface area contributed by atoms with Gasteiger partial charge in [-0.05, 0) is 30.9 Å². The van der Waals surface area contributed by atoms with Crippen LogP contribution in [0.3, 0.4) is 0 Å². The maximum atomic E-state index is 12.7. The van der Waals surface area contributed by atoms with Crippen LogP contribution in [0, 0.1) is 0 Å². The smallest absolute Gasteiger partial charge is 0.250 e. The first-order valence-corrected chi connectivity index (χ1v) is 11.5. The van der Waals surface area contributed by atoms with Gasteiger partial charge in [-0.3, -0.25) is 14.4 Å². The molecule has 1 amide bonds. The zero-order valence-electron chi connectivity index (χ0n) is 13.8. The predicted molar refractivity (Wildman–Crippen MR) is 103 cm³/mol. The summed E-state index contributed by atoms with van der Waals surface area (Å²) in [6.07, 6.45) is 3.19. The SMILES string of the molecule is CC[C@H](C(=O)Nc1nnc(SC)s1)N(c1cccc(Cl)c1)S(C)(=O)=O. The Hall–Kier alpha value is -1.36. The van der Waals surface area contributed by atoms with Crippen LogP contribution in [0.5, 0.6) is 0 Å².